The average Bonchev–Trinajstić information content (AvgIpc) is 2.94. The Balaban J connectivity index is 1.54. The Morgan fingerprint density at radius 3 is 2.35 bits per heavy atom. The average molecular weight is 497 g/mol. The molecule has 190 valence electrons. The summed E-state index contributed by atoms with van der Waals surface area (Å²) in [5, 5.41) is 8.88. The number of nitrogens with zero attached hydrogens (tertiary/aromatic N) is 2. The van der Waals surface area contributed by atoms with Crippen LogP contribution in [0.5, 0.6) is 5.75 Å². The number of amidine groups is 1. The highest BCUT2D eigenvalue weighted by molar-refractivity contribution is 6.07. The molecule has 0 saturated carbocycles. The minimum atomic E-state index is -0.570. The van der Waals surface area contributed by atoms with E-state index in [1.54, 1.807) is 36.2 Å². The summed E-state index contributed by atoms with van der Waals surface area (Å²) < 4.78 is 11.4. The zero-order chi connectivity index (χ0) is 26.0. The number of ether oxygens (including phenoxy) is 2. The van der Waals surface area contributed by atoms with Crippen molar-refractivity contribution in [3.8, 4) is 17.6 Å². The van der Waals surface area contributed by atoms with Crippen molar-refractivity contribution in [2.24, 2.45) is 5.73 Å². The van der Waals surface area contributed by atoms with Crippen molar-refractivity contribution in [3.63, 3.8) is 0 Å². The smallest absolute Gasteiger partial charge is 0.249 e. The van der Waals surface area contributed by atoms with Gasteiger partial charge in [-0.15, -0.1) is 0 Å². The number of hydrogen-bond donors (Lipinski definition) is 2. The molecule has 1 saturated heterocycles. The van der Waals surface area contributed by atoms with E-state index in [4.69, 9.17) is 20.6 Å². The van der Waals surface area contributed by atoms with E-state index in [1.807, 2.05) is 54.6 Å². The molecule has 1 atom stereocenters. The van der Waals surface area contributed by atoms with Gasteiger partial charge in [-0.25, -0.2) is 0 Å². The fourth-order valence-corrected chi connectivity index (χ4v) is 4.16. The monoisotopic (exact) mass is 496 g/mol. The molecule has 3 N–H and O–H groups in total. The molecule has 1 heterocycles. The summed E-state index contributed by atoms with van der Waals surface area (Å²) in [4.78, 5) is 16.1. The summed E-state index contributed by atoms with van der Waals surface area (Å²) in [6, 6.07) is 24.0. The standard InChI is InChI=1S/C30H32N4O3/c1-33(29(31)26-9-5-6-10-27(26)30(32)35)28(16-11-23-7-3-2-4-8-23)24-12-14-25(15-13-24)37-22-19-34-17-20-36-21-18-34/h2-10,12-15,28,31H,17-22H2,1H3,(H2,32,35). The van der Waals surface area contributed by atoms with Gasteiger partial charge in [0.2, 0.25) is 5.91 Å². The van der Waals surface area contributed by atoms with E-state index < -0.39 is 11.9 Å². The SMILES string of the molecule is CN(C(=N)c1ccccc1C(N)=O)C(C#Cc1ccccc1)c1ccc(OCCN2CCOCC2)cc1. The Labute approximate surface area is 218 Å². The van der Waals surface area contributed by atoms with Gasteiger partial charge in [-0.2, -0.15) is 0 Å². The first-order valence-electron chi connectivity index (χ1n) is 12.3. The second kappa shape index (κ2) is 12.7. The molecule has 4 rings (SSSR count). The molecule has 37 heavy (non-hydrogen) atoms. The van der Waals surface area contributed by atoms with Crippen molar-refractivity contribution >= 4 is 11.7 Å². The highest BCUT2D eigenvalue weighted by atomic mass is 16.5. The van der Waals surface area contributed by atoms with Crippen molar-refractivity contribution in [2.75, 3.05) is 46.5 Å². The van der Waals surface area contributed by atoms with Crippen LogP contribution in [0.25, 0.3) is 0 Å². The van der Waals surface area contributed by atoms with Crippen molar-refractivity contribution in [1.82, 2.24) is 9.80 Å². The summed E-state index contributed by atoms with van der Waals surface area (Å²) in [5.41, 5.74) is 8.13. The molecule has 0 aliphatic carbocycles. The fourth-order valence-electron chi connectivity index (χ4n) is 4.16. The first-order chi connectivity index (χ1) is 18.0. The Hall–Kier alpha value is -4.12. The first kappa shape index (κ1) is 26.0. The number of amides is 1. The quantitative estimate of drug-likeness (QED) is 0.283. The van der Waals surface area contributed by atoms with Crippen LogP contribution in [0, 0.1) is 17.3 Å². The number of primary amides is 1. The molecule has 0 aromatic heterocycles. The van der Waals surface area contributed by atoms with Gasteiger partial charge in [0.15, 0.2) is 0 Å². The molecule has 3 aromatic rings. The molecular formula is C30H32N4O3. The largest absolute Gasteiger partial charge is 0.492 e. The zero-order valence-electron chi connectivity index (χ0n) is 21.0. The Morgan fingerprint density at radius 2 is 1.68 bits per heavy atom. The van der Waals surface area contributed by atoms with Gasteiger partial charge in [0.1, 0.15) is 24.2 Å². The minimum Gasteiger partial charge on any atom is -0.492 e. The van der Waals surface area contributed by atoms with Crippen LogP contribution < -0.4 is 10.5 Å². The van der Waals surface area contributed by atoms with Gasteiger partial charge >= 0.3 is 0 Å². The third kappa shape index (κ3) is 6.98. The van der Waals surface area contributed by atoms with Crippen molar-refractivity contribution in [2.45, 2.75) is 6.04 Å². The van der Waals surface area contributed by atoms with Crippen LogP contribution in [0.2, 0.25) is 0 Å². The van der Waals surface area contributed by atoms with Crippen LogP contribution in [0.3, 0.4) is 0 Å². The van der Waals surface area contributed by atoms with Gasteiger partial charge in [-0.3, -0.25) is 15.1 Å². The molecule has 1 aliphatic rings. The number of morpholine rings is 1. The van der Waals surface area contributed by atoms with Crippen LogP contribution >= 0.6 is 0 Å². The summed E-state index contributed by atoms with van der Waals surface area (Å²) in [7, 11) is 1.80. The molecule has 1 amide bonds. The zero-order valence-corrected chi connectivity index (χ0v) is 21.0. The fraction of sp³-hybridized carbons (Fsp3) is 0.267. The number of nitrogens with one attached hydrogen (secondary N) is 1. The molecule has 1 unspecified atom stereocenters. The van der Waals surface area contributed by atoms with Crippen molar-refractivity contribution in [3.05, 3.63) is 101 Å². The molecule has 1 fully saturated rings. The van der Waals surface area contributed by atoms with E-state index >= 15 is 0 Å². The highest BCUT2D eigenvalue weighted by Crippen LogP contribution is 2.24. The molecule has 1 aliphatic heterocycles. The summed E-state index contributed by atoms with van der Waals surface area (Å²) in [5.74, 6) is 6.91. The van der Waals surface area contributed by atoms with Crippen LogP contribution in [0.1, 0.15) is 33.1 Å². The third-order valence-electron chi connectivity index (χ3n) is 6.29. The number of carbonyl (C=O) groups excluding carboxylic acids is 1. The lowest BCUT2D eigenvalue weighted by Crippen LogP contribution is -2.38. The van der Waals surface area contributed by atoms with E-state index in [-0.39, 0.29) is 5.84 Å². The van der Waals surface area contributed by atoms with Crippen LogP contribution in [0.15, 0.2) is 78.9 Å². The lowest BCUT2D eigenvalue weighted by atomic mass is 10.0. The summed E-state index contributed by atoms with van der Waals surface area (Å²) >= 11 is 0. The molecule has 0 radical (unpaired) electrons. The maximum atomic E-state index is 12.0. The number of carbonyl (C=O) groups is 1. The van der Waals surface area contributed by atoms with E-state index in [1.165, 1.54) is 0 Å². The first-order valence-corrected chi connectivity index (χ1v) is 12.3. The molecule has 7 heteroatoms. The van der Waals surface area contributed by atoms with Gasteiger partial charge < -0.3 is 20.1 Å². The lowest BCUT2D eigenvalue weighted by molar-refractivity contribution is 0.0322. The number of rotatable bonds is 8. The normalized spacial score (nSPS) is 14.2. The van der Waals surface area contributed by atoms with E-state index in [9.17, 15) is 4.79 Å². The van der Waals surface area contributed by atoms with Crippen LogP contribution in [-0.4, -0.2) is 68.0 Å². The Bertz CT molecular complexity index is 1260. The minimum absolute atomic E-state index is 0.160. The summed E-state index contributed by atoms with van der Waals surface area (Å²) in [6.07, 6.45) is 0. The Kier molecular flexibility index (Phi) is 8.93. The van der Waals surface area contributed by atoms with E-state index in [0.29, 0.717) is 17.7 Å². The molecular weight excluding hydrogens is 464 g/mol. The molecule has 3 aromatic carbocycles. The predicted molar refractivity (Wildman–Crippen MR) is 145 cm³/mol. The predicted octanol–water partition coefficient (Wildman–Crippen LogP) is 3.55. The maximum Gasteiger partial charge on any atom is 0.249 e. The molecule has 7 nitrogen and oxygen atoms in total. The van der Waals surface area contributed by atoms with Crippen LogP contribution in [-0.2, 0) is 4.74 Å². The second-order valence-corrected chi connectivity index (χ2v) is 8.78. The topological polar surface area (TPSA) is 91.9 Å². The summed E-state index contributed by atoms with van der Waals surface area (Å²) in [6.45, 7) is 4.86. The number of benzene rings is 3. The number of nitrogens with two attached hydrogens (primary N) is 1. The van der Waals surface area contributed by atoms with Crippen molar-refractivity contribution < 1.29 is 14.3 Å². The van der Waals surface area contributed by atoms with Crippen molar-refractivity contribution in [1.29, 1.82) is 5.41 Å². The van der Waals surface area contributed by atoms with Gasteiger partial charge in [0.05, 0.1) is 13.2 Å². The highest BCUT2D eigenvalue weighted by Gasteiger charge is 2.22. The van der Waals surface area contributed by atoms with Gasteiger partial charge in [0.25, 0.3) is 0 Å². The van der Waals surface area contributed by atoms with E-state index in [0.717, 1.165) is 49.7 Å². The van der Waals surface area contributed by atoms with Gasteiger partial charge in [-0.1, -0.05) is 60.4 Å². The maximum absolute atomic E-state index is 12.0. The van der Waals surface area contributed by atoms with Gasteiger partial charge in [0, 0.05) is 43.4 Å². The Morgan fingerprint density at radius 1 is 1.03 bits per heavy atom. The number of hydrogen-bond acceptors (Lipinski definition) is 5. The molecule has 0 spiro atoms. The van der Waals surface area contributed by atoms with Crippen LogP contribution in [0.4, 0.5) is 0 Å². The van der Waals surface area contributed by atoms with E-state index in [2.05, 4.69) is 16.7 Å². The lowest BCUT2D eigenvalue weighted by Gasteiger charge is -2.28. The van der Waals surface area contributed by atoms with Gasteiger partial charge in [-0.05, 0) is 35.9 Å². The third-order valence-corrected chi connectivity index (χ3v) is 6.29. The molecule has 0 bridgehead atoms. The second-order valence-electron chi connectivity index (χ2n) is 8.78.